The van der Waals surface area contributed by atoms with E-state index in [1.807, 2.05) is 0 Å². The second-order valence-corrected chi connectivity index (χ2v) is 2.89. The van der Waals surface area contributed by atoms with Crippen molar-refractivity contribution >= 4 is 6.03 Å². The Kier molecular flexibility index (Phi) is 2.84. The summed E-state index contributed by atoms with van der Waals surface area (Å²) in [5, 5.41) is 6.67. The Labute approximate surface area is 76.6 Å². The van der Waals surface area contributed by atoms with Crippen molar-refractivity contribution in [2.24, 2.45) is 7.05 Å². The van der Waals surface area contributed by atoms with Gasteiger partial charge in [-0.1, -0.05) is 0 Å². The molecule has 1 heterocycles. The van der Waals surface area contributed by atoms with Gasteiger partial charge in [0.2, 0.25) is 0 Å². The number of carbonyl (C=O) groups is 1. The Morgan fingerprint density at radius 1 is 1.69 bits per heavy atom. The number of rotatable bonds is 2. The third kappa shape index (κ3) is 2.73. The van der Waals surface area contributed by atoms with E-state index in [4.69, 9.17) is 0 Å². The summed E-state index contributed by atoms with van der Waals surface area (Å²) in [6.07, 6.45) is 1.59. The van der Waals surface area contributed by atoms with Crippen molar-refractivity contribution in [1.29, 1.82) is 0 Å². The molecule has 1 rings (SSSR count). The largest absolute Gasteiger partial charge is 0.331 e. The first-order valence-electron chi connectivity index (χ1n) is 3.89. The molecule has 2 amide bonds. The summed E-state index contributed by atoms with van der Waals surface area (Å²) in [5.74, 6) is 0.609. The van der Waals surface area contributed by atoms with Crippen molar-refractivity contribution in [2.75, 3.05) is 14.1 Å². The third-order valence-corrected chi connectivity index (χ3v) is 1.45. The number of hydrogen-bond acceptors (Lipinski definition) is 3. The molecule has 13 heavy (non-hydrogen) atoms. The van der Waals surface area contributed by atoms with Gasteiger partial charge in [-0.2, -0.15) is 5.10 Å². The lowest BCUT2D eigenvalue weighted by atomic mass is 10.6. The van der Waals surface area contributed by atoms with Gasteiger partial charge in [0.25, 0.3) is 0 Å². The molecule has 0 aromatic carbocycles. The van der Waals surface area contributed by atoms with Gasteiger partial charge in [-0.25, -0.2) is 9.78 Å². The number of hydrogen-bond donors (Lipinski definition) is 1. The van der Waals surface area contributed by atoms with Crippen LogP contribution in [0.1, 0.15) is 5.82 Å². The second-order valence-electron chi connectivity index (χ2n) is 2.89. The van der Waals surface area contributed by atoms with Crippen LogP contribution >= 0.6 is 0 Å². The zero-order chi connectivity index (χ0) is 9.84. The lowest BCUT2D eigenvalue weighted by Gasteiger charge is -2.09. The molecule has 0 radical (unpaired) electrons. The minimum atomic E-state index is -0.146. The zero-order valence-corrected chi connectivity index (χ0v) is 7.98. The van der Waals surface area contributed by atoms with Crippen LogP contribution in [0.5, 0.6) is 0 Å². The second kappa shape index (κ2) is 3.88. The van der Waals surface area contributed by atoms with E-state index in [0.717, 1.165) is 0 Å². The molecule has 1 N–H and O–H groups in total. The van der Waals surface area contributed by atoms with Crippen molar-refractivity contribution < 1.29 is 4.79 Å². The average Bonchev–Trinajstić information content (AvgIpc) is 2.47. The van der Waals surface area contributed by atoms with Crippen LogP contribution in [-0.2, 0) is 13.6 Å². The highest BCUT2D eigenvalue weighted by Crippen LogP contribution is 1.87. The Bertz CT molecular complexity index is 293. The summed E-state index contributed by atoms with van der Waals surface area (Å²) in [6, 6.07) is -0.146. The quantitative estimate of drug-likeness (QED) is 0.677. The van der Waals surface area contributed by atoms with Gasteiger partial charge in [-0.15, -0.1) is 0 Å². The Morgan fingerprint density at radius 3 is 2.85 bits per heavy atom. The normalized spacial score (nSPS) is 9.77. The van der Waals surface area contributed by atoms with Crippen molar-refractivity contribution in [3.63, 3.8) is 0 Å². The van der Waals surface area contributed by atoms with Crippen molar-refractivity contribution in [1.82, 2.24) is 25.0 Å². The third-order valence-electron chi connectivity index (χ3n) is 1.45. The van der Waals surface area contributed by atoms with E-state index in [1.54, 1.807) is 32.2 Å². The van der Waals surface area contributed by atoms with Gasteiger partial charge in [0.1, 0.15) is 6.33 Å². The Hall–Kier alpha value is -1.59. The number of nitrogens with one attached hydrogen (secondary N) is 1. The van der Waals surface area contributed by atoms with Crippen LogP contribution in [0, 0.1) is 0 Å². The smallest absolute Gasteiger partial charge is 0.317 e. The predicted octanol–water partition coefficient (Wildman–Crippen LogP) is -0.414. The van der Waals surface area contributed by atoms with Crippen LogP contribution in [0.2, 0.25) is 0 Å². The molecule has 72 valence electrons. The highest BCUT2D eigenvalue weighted by atomic mass is 16.2. The van der Waals surface area contributed by atoms with Crippen LogP contribution in [0.3, 0.4) is 0 Å². The van der Waals surface area contributed by atoms with E-state index in [1.165, 1.54) is 4.90 Å². The van der Waals surface area contributed by atoms with E-state index < -0.39 is 0 Å². The minimum Gasteiger partial charge on any atom is -0.331 e. The molecule has 0 aliphatic heterocycles. The minimum absolute atomic E-state index is 0.146. The van der Waals surface area contributed by atoms with Crippen LogP contribution in [0.15, 0.2) is 6.33 Å². The maximum Gasteiger partial charge on any atom is 0.317 e. The van der Waals surface area contributed by atoms with Crippen LogP contribution < -0.4 is 5.32 Å². The topological polar surface area (TPSA) is 63.1 Å². The number of aryl methyl sites for hydroxylation is 1. The molecule has 0 aliphatic carbocycles. The molecule has 0 saturated heterocycles. The summed E-state index contributed by atoms with van der Waals surface area (Å²) in [7, 11) is 5.15. The first kappa shape index (κ1) is 9.50. The summed E-state index contributed by atoms with van der Waals surface area (Å²) < 4.78 is 1.59. The predicted molar refractivity (Wildman–Crippen MR) is 46.9 cm³/mol. The molecular formula is C7H13N5O. The molecule has 1 aromatic heterocycles. The lowest BCUT2D eigenvalue weighted by molar-refractivity contribution is 0.216. The molecule has 1 aromatic rings. The van der Waals surface area contributed by atoms with Gasteiger partial charge >= 0.3 is 6.03 Å². The van der Waals surface area contributed by atoms with Crippen molar-refractivity contribution in [3.05, 3.63) is 12.2 Å². The fourth-order valence-electron chi connectivity index (χ4n) is 0.778. The van der Waals surface area contributed by atoms with Gasteiger partial charge in [0.05, 0.1) is 6.54 Å². The summed E-state index contributed by atoms with van der Waals surface area (Å²) in [4.78, 5) is 16.5. The van der Waals surface area contributed by atoms with E-state index in [9.17, 15) is 4.79 Å². The van der Waals surface area contributed by atoms with E-state index in [-0.39, 0.29) is 6.03 Å². The maximum atomic E-state index is 11.1. The Morgan fingerprint density at radius 2 is 2.38 bits per heavy atom. The van der Waals surface area contributed by atoms with Crippen molar-refractivity contribution in [2.45, 2.75) is 6.54 Å². The number of aromatic nitrogens is 3. The van der Waals surface area contributed by atoms with Gasteiger partial charge in [-0.3, -0.25) is 4.68 Å². The van der Waals surface area contributed by atoms with Crippen molar-refractivity contribution in [3.8, 4) is 0 Å². The molecule has 0 spiro atoms. The molecule has 6 heteroatoms. The van der Waals surface area contributed by atoms with Gasteiger partial charge in [0.15, 0.2) is 5.82 Å². The first-order valence-corrected chi connectivity index (χ1v) is 3.89. The fourth-order valence-corrected chi connectivity index (χ4v) is 0.778. The summed E-state index contributed by atoms with van der Waals surface area (Å²) in [6.45, 7) is 0.359. The summed E-state index contributed by atoms with van der Waals surface area (Å²) >= 11 is 0. The number of nitrogens with zero attached hydrogens (tertiary/aromatic N) is 4. The summed E-state index contributed by atoms with van der Waals surface area (Å²) in [5.41, 5.74) is 0. The molecule has 0 unspecified atom stereocenters. The first-order chi connectivity index (χ1) is 6.09. The van der Waals surface area contributed by atoms with E-state index in [2.05, 4.69) is 15.4 Å². The average molecular weight is 183 g/mol. The molecular weight excluding hydrogens is 170 g/mol. The Balaban J connectivity index is 2.39. The molecule has 0 bridgehead atoms. The highest BCUT2D eigenvalue weighted by molar-refractivity contribution is 5.73. The van der Waals surface area contributed by atoms with Gasteiger partial charge < -0.3 is 10.2 Å². The van der Waals surface area contributed by atoms with Gasteiger partial charge in [0, 0.05) is 21.1 Å². The SMILES string of the molecule is CN(C)C(=O)NCc1ncn(C)n1. The highest BCUT2D eigenvalue weighted by Gasteiger charge is 2.04. The number of carbonyl (C=O) groups excluding carboxylic acids is 1. The van der Waals surface area contributed by atoms with Crippen LogP contribution in [0.4, 0.5) is 4.79 Å². The van der Waals surface area contributed by atoms with Crippen LogP contribution in [0.25, 0.3) is 0 Å². The molecule has 6 nitrogen and oxygen atoms in total. The standard InChI is InChI=1S/C7H13N5O/c1-11(2)7(13)8-4-6-9-5-12(3)10-6/h5H,4H2,1-3H3,(H,8,13). The lowest BCUT2D eigenvalue weighted by Crippen LogP contribution is -2.34. The van der Waals surface area contributed by atoms with E-state index >= 15 is 0 Å². The van der Waals surface area contributed by atoms with Crippen LogP contribution in [-0.4, -0.2) is 39.8 Å². The van der Waals surface area contributed by atoms with Gasteiger partial charge in [-0.05, 0) is 0 Å². The maximum absolute atomic E-state index is 11.1. The molecule has 0 fully saturated rings. The fraction of sp³-hybridized carbons (Fsp3) is 0.571. The van der Waals surface area contributed by atoms with E-state index in [0.29, 0.717) is 12.4 Å². The zero-order valence-electron chi connectivity index (χ0n) is 7.98. The molecule has 0 atom stereocenters. The molecule has 0 aliphatic rings. The number of urea groups is 1. The number of amides is 2. The monoisotopic (exact) mass is 183 g/mol. The molecule has 0 saturated carbocycles.